The first-order valence-corrected chi connectivity index (χ1v) is 9.30. The van der Waals surface area contributed by atoms with Crippen LogP contribution in [0.3, 0.4) is 0 Å². The molecule has 1 amide bonds. The topological polar surface area (TPSA) is 126 Å². The highest BCUT2D eigenvalue weighted by molar-refractivity contribution is 5.74. The van der Waals surface area contributed by atoms with E-state index in [0.29, 0.717) is 13.2 Å². The lowest BCUT2D eigenvalue weighted by atomic mass is 9.91. The van der Waals surface area contributed by atoms with Gasteiger partial charge in [-0.15, -0.1) is 0 Å². The van der Waals surface area contributed by atoms with E-state index >= 15 is 0 Å². The van der Waals surface area contributed by atoms with Crippen LogP contribution in [0.2, 0.25) is 0 Å². The molecule has 1 rings (SSSR count). The molecule has 1 fully saturated rings. The molecule has 0 aromatic rings. The molecular formula is C19H29NO9. The largest absolute Gasteiger partial charge is 0.463 e. The van der Waals surface area contributed by atoms with Crippen molar-refractivity contribution in [2.24, 2.45) is 0 Å². The van der Waals surface area contributed by atoms with Gasteiger partial charge in [-0.1, -0.05) is 12.2 Å². The molecule has 0 aromatic carbocycles. The van der Waals surface area contributed by atoms with Crippen LogP contribution in [0.5, 0.6) is 0 Å². The minimum Gasteiger partial charge on any atom is -0.463 e. The Morgan fingerprint density at radius 2 is 1.59 bits per heavy atom. The number of hydrogen-bond donors (Lipinski definition) is 1. The van der Waals surface area contributed by atoms with Gasteiger partial charge >= 0.3 is 17.9 Å². The van der Waals surface area contributed by atoms with Gasteiger partial charge < -0.3 is 29.0 Å². The first-order valence-electron chi connectivity index (χ1n) is 9.30. The molecule has 0 aromatic heterocycles. The fourth-order valence-electron chi connectivity index (χ4n) is 2.91. The molecule has 0 unspecified atom stereocenters. The molecule has 0 saturated carbocycles. The zero-order valence-corrected chi connectivity index (χ0v) is 17.3. The SMILES string of the molecule is CCOCC=C[C@H]1O[C@H](COC(C)=O)[C@H](OC(C)=O)[C@H](OC(C)=O)[C@H]1NC(C)=O. The molecule has 164 valence electrons. The summed E-state index contributed by atoms with van der Waals surface area (Å²) in [5, 5.41) is 2.68. The Labute approximate surface area is 169 Å². The molecule has 1 aliphatic heterocycles. The van der Waals surface area contributed by atoms with Gasteiger partial charge in [0.25, 0.3) is 0 Å². The first kappa shape index (κ1) is 24.6. The Morgan fingerprint density at radius 1 is 0.966 bits per heavy atom. The van der Waals surface area contributed by atoms with Crippen LogP contribution in [0.1, 0.15) is 34.6 Å². The third-order valence-electron chi connectivity index (χ3n) is 3.90. The number of amides is 1. The average Bonchev–Trinajstić information content (AvgIpc) is 2.60. The highest BCUT2D eigenvalue weighted by Gasteiger charge is 2.49. The van der Waals surface area contributed by atoms with Crippen LogP contribution in [0.15, 0.2) is 12.2 Å². The smallest absolute Gasteiger partial charge is 0.303 e. The number of carbonyl (C=O) groups excluding carboxylic acids is 4. The number of esters is 3. The van der Waals surface area contributed by atoms with Gasteiger partial charge in [0.05, 0.1) is 12.6 Å². The Hall–Kier alpha value is -2.46. The molecule has 29 heavy (non-hydrogen) atoms. The predicted octanol–water partition coefficient (Wildman–Crippen LogP) is 0.278. The van der Waals surface area contributed by atoms with E-state index in [4.69, 9.17) is 23.7 Å². The molecular weight excluding hydrogens is 386 g/mol. The Kier molecular flexibility index (Phi) is 10.3. The number of carbonyl (C=O) groups is 4. The van der Waals surface area contributed by atoms with Gasteiger partial charge in [0.1, 0.15) is 18.8 Å². The summed E-state index contributed by atoms with van der Waals surface area (Å²) in [6.45, 7) is 7.37. The van der Waals surface area contributed by atoms with Crippen molar-refractivity contribution in [1.29, 1.82) is 0 Å². The molecule has 1 N–H and O–H groups in total. The second-order valence-electron chi connectivity index (χ2n) is 6.40. The molecule has 0 aliphatic carbocycles. The van der Waals surface area contributed by atoms with Gasteiger partial charge in [-0.25, -0.2) is 0 Å². The van der Waals surface area contributed by atoms with Crippen molar-refractivity contribution >= 4 is 23.8 Å². The minimum atomic E-state index is -1.09. The van der Waals surface area contributed by atoms with Crippen LogP contribution >= 0.6 is 0 Å². The van der Waals surface area contributed by atoms with E-state index in [9.17, 15) is 19.2 Å². The highest BCUT2D eigenvalue weighted by atomic mass is 16.6. The zero-order chi connectivity index (χ0) is 22.0. The van der Waals surface area contributed by atoms with Crippen LogP contribution in [0.25, 0.3) is 0 Å². The first-order chi connectivity index (χ1) is 13.6. The van der Waals surface area contributed by atoms with Gasteiger partial charge in [0.15, 0.2) is 12.2 Å². The molecule has 0 bridgehead atoms. The molecule has 1 heterocycles. The number of nitrogens with one attached hydrogen (secondary N) is 1. The summed E-state index contributed by atoms with van der Waals surface area (Å²) >= 11 is 0. The molecule has 0 radical (unpaired) electrons. The normalized spacial score (nSPS) is 26.6. The summed E-state index contributed by atoms with van der Waals surface area (Å²) in [6, 6.07) is -0.841. The van der Waals surface area contributed by atoms with E-state index in [-0.39, 0.29) is 12.5 Å². The van der Waals surface area contributed by atoms with Crippen molar-refractivity contribution in [2.75, 3.05) is 19.8 Å². The summed E-state index contributed by atoms with van der Waals surface area (Å²) in [6.07, 6.45) is -0.476. The van der Waals surface area contributed by atoms with Crippen molar-refractivity contribution in [3.05, 3.63) is 12.2 Å². The maximum atomic E-state index is 11.8. The Balaban J connectivity index is 3.26. The third kappa shape index (κ3) is 8.61. The molecule has 10 heteroatoms. The lowest BCUT2D eigenvalue weighted by Gasteiger charge is -2.44. The zero-order valence-electron chi connectivity index (χ0n) is 17.3. The van der Waals surface area contributed by atoms with E-state index in [2.05, 4.69) is 5.32 Å². The summed E-state index contributed by atoms with van der Waals surface area (Å²) in [5.74, 6) is -2.21. The average molecular weight is 415 g/mol. The second-order valence-corrected chi connectivity index (χ2v) is 6.40. The van der Waals surface area contributed by atoms with E-state index < -0.39 is 48.4 Å². The van der Waals surface area contributed by atoms with E-state index in [0.717, 1.165) is 0 Å². The number of rotatable bonds is 9. The maximum Gasteiger partial charge on any atom is 0.303 e. The summed E-state index contributed by atoms with van der Waals surface area (Å²) < 4.78 is 27.0. The van der Waals surface area contributed by atoms with Crippen molar-refractivity contribution in [1.82, 2.24) is 5.32 Å². The summed E-state index contributed by atoms with van der Waals surface area (Å²) in [5.41, 5.74) is 0. The predicted molar refractivity (Wildman–Crippen MR) is 99.6 cm³/mol. The molecule has 1 saturated heterocycles. The Bertz CT molecular complexity index is 619. The van der Waals surface area contributed by atoms with Gasteiger partial charge in [-0.3, -0.25) is 19.2 Å². The van der Waals surface area contributed by atoms with Gasteiger partial charge in [-0.05, 0) is 6.92 Å². The molecule has 10 nitrogen and oxygen atoms in total. The molecule has 5 atom stereocenters. The second kappa shape index (κ2) is 12.2. The van der Waals surface area contributed by atoms with E-state index in [1.54, 1.807) is 12.2 Å². The number of hydrogen-bond acceptors (Lipinski definition) is 9. The van der Waals surface area contributed by atoms with Crippen molar-refractivity contribution < 1.29 is 42.9 Å². The molecule has 1 aliphatic rings. The maximum absolute atomic E-state index is 11.8. The van der Waals surface area contributed by atoms with Gasteiger partial charge in [0.2, 0.25) is 5.91 Å². The third-order valence-corrected chi connectivity index (χ3v) is 3.90. The van der Waals surface area contributed by atoms with E-state index in [1.165, 1.54) is 27.7 Å². The van der Waals surface area contributed by atoms with Crippen LogP contribution < -0.4 is 5.32 Å². The van der Waals surface area contributed by atoms with Gasteiger partial charge in [-0.2, -0.15) is 0 Å². The lowest BCUT2D eigenvalue weighted by molar-refractivity contribution is -0.217. The molecule has 0 spiro atoms. The Morgan fingerprint density at radius 3 is 2.10 bits per heavy atom. The fraction of sp³-hybridized carbons (Fsp3) is 0.684. The van der Waals surface area contributed by atoms with Gasteiger partial charge in [0, 0.05) is 34.3 Å². The van der Waals surface area contributed by atoms with E-state index in [1.807, 2.05) is 6.92 Å². The summed E-state index contributed by atoms with van der Waals surface area (Å²) in [4.78, 5) is 46.4. The fourth-order valence-corrected chi connectivity index (χ4v) is 2.91. The van der Waals surface area contributed by atoms with Crippen LogP contribution in [-0.4, -0.2) is 74.1 Å². The van der Waals surface area contributed by atoms with Crippen LogP contribution in [-0.2, 0) is 42.9 Å². The standard InChI is InChI=1S/C19H29NO9/c1-6-25-9-7-8-15-17(20-11(2)21)19(28-14(5)24)18(27-13(4)23)16(29-15)10-26-12(3)22/h7-8,15-19H,6,9-10H2,1-5H3,(H,20,21)/t15-,16-,17+,18+,19-/m1/s1. The summed E-state index contributed by atoms with van der Waals surface area (Å²) in [7, 11) is 0. The highest BCUT2D eigenvalue weighted by Crippen LogP contribution is 2.28. The van der Waals surface area contributed by atoms with Crippen molar-refractivity contribution in [2.45, 2.75) is 65.1 Å². The van der Waals surface area contributed by atoms with Crippen LogP contribution in [0, 0.1) is 0 Å². The lowest BCUT2D eigenvalue weighted by Crippen LogP contribution is -2.65. The van der Waals surface area contributed by atoms with Crippen molar-refractivity contribution in [3.63, 3.8) is 0 Å². The van der Waals surface area contributed by atoms with Crippen molar-refractivity contribution in [3.8, 4) is 0 Å². The minimum absolute atomic E-state index is 0.229. The monoisotopic (exact) mass is 415 g/mol. The number of ether oxygens (including phenoxy) is 5. The van der Waals surface area contributed by atoms with Crippen LogP contribution in [0.4, 0.5) is 0 Å². The quantitative estimate of drug-likeness (QED) is 0.244.